The van der Waals surface area contributed by atoms with E-state index < -0.39 is 0 Å². The second kappa shape index (κ2) is 7.51. The second-order valence-electron chi connectivity index (χ2n) is 6.56. The summed E-state index contributed by atoms with van der Waals surface area (Å²) in [6, 6.07) is 10.5. The van der Waals surface area contributed by atoms with Crippen LogP contribution in [0.2, 0.25) is 0 Å². The normalized spacial score (nSPS) is 17.8. The highest BCUT2D eigenvalue weighted by atomic mass is 16.2. The van der Waals surface area contributed by atoms with Crippen LogP contribution < -0.4 is 10.6 Å². The lowest BCUT2D eigenvalue weighted by Gasteiger charge is -2.25. The molecule has 0 saturated carbocycles. The van der Waals surface area contributed by atoms with Gasteiger partial charge in [-0.3, -0.25) is 4.68 Å². The molecule has 5 nitrogen and oxygen atoms in total. The van der Waals surface area contributed by atoms with E-state index in [2.05, 4.69) is 51.6 Å². The minimum absolute atomic E-state index is 0.0577. The van der Waals surface area contributed by atoms with Crippen LogP contribution in [0.1, 0.15) is 56.0 Å². The first-order valence-electron chi connectivity index (χ1n) is 8.83. The van der Waals surface area contributed by atoms with Crippen molar-refractivity contribution in [3.05, 3.63) is 53.3 Å². The Morgan fingerprint density at radius 1 is 1.38 bits per heavy atom. The summed E-state index contributed by atoms with van der Waals surface area (Å²) in [6.45, 7) is 4.86. The molecule has 2 amide bonds. The number of nitrogens with zero attached hydrogens (tertiary/aromatic N) is 2. The molecule has 0 aliphatic heterocycles. The molecule has 3 rings (SSSR count). The summed E-state index contributed by atoms with van der Waals surface area (Å²) in [5.41, 5.74) is 3.66. The zero-order chi connectivity index (χ0) is 16.9. The summed E-state index contributed by atoms with van der Waals surface area (Å²) in [4.78, 5) is 12.1. The molecule has 5 heteroatoms. The van der Waals surface area contributed by atoms with Gasteiger partial charge < -0.3 is 10.6 Å². The number of fused-ring (bicyclic) bond motifs is 1. The molecule has 1 aromatic carbocycles. The topological polar surface area (TPSA) is 59.0 Å². The Balaban J connectivity index is 1.71. The molecule has 2 unspecified atom stereocenters. The van der Waals surface area contributed by atoms with Crippen molar-refractivity contribution in [1.29, 1.82) is 0 Å². The Kier molecular flexibility index (Phi) is 5.18. The maximum atomic E-state index is 12.1. The van der Waals surface area contributed by atoms with E-state index >= 15 is 0 Å². The summed E-state index contributed by atoms with van der Waals surface area (Å²) in [5.74, 6) is 0. The van der Waals surface area contributed by atoms with E-state index in [0.717, 1.165) is 37.8 Å². The first-order valence-corrected chi connectivity index (χ1v) is 8.83. The summed E-state index contributed by atoms with van der Waals surface area (Å²) in [7, 11) is 0. The predicted molar refractivity (Wildman–Crippen MR) is 94.9 cm³/mol. The smallest absolute Gasteiger partial charge is 0.315 e. The van der Waals surface area contributed by atoms with Gasteiger partial charge in [0.25, 0.3) is 0 Å². The van der Waals surface area contributed by atoms with Crippen molar-refractivity contribution in [1.82, 2.24) is 20.4 Å². The highest BCUT2D eigenvalue weighted by Crippen LogP contribution is 2.29. The van der Waals surface area contributed by atoms with E-state index in [4.69, 9.17) is 0 Å². The first-order chi connectivity index (χ1) is 11.7. The molecule has 0 radical (unpaired) electrons. The van der Waals surface area contributed by atoms with Gasteiger partial charge in [0.2, 0.25) is 0 Å². The first kappa shape index (κ1) is 16.6. The van der Waals surface area contributed by atoms with Gasteiger partial charge in [0.05, 0.1) is 18.8 Å². The highest BCUT2D eigenvalue weighted by Gasteiger charge is 2.25. The molecule has 0 fully saturated rings. The van der Waals surface area contributed by atoms with Crippen molar-refractivity contribution in [2.45, 2.75) is 58.2 Å². The van der Waals surface area contributed by atoms with E-state index in [0.29, 0.717) is 0 Å². The number of urea groups is 1. The van der Waals surface area contributed by atoms with Gasteiger partial charge in [0.1, 0.15) is 0 Å². The molecular weight excluding hydrogens is 300 g/mol. The number of rotatable bonds is 5. The van der Waals surface area contributed by atoms with Crippen molar-refractivity contribution in [3.63, 3.8) is 0 Å². The summed E-state index contributed by atoms with van der Waals surface area (Å²) in [6.07, 6.45) is 5.91. The summed E-state index contributed by atoms with van der Waals surface area (Å²) >= 11 is 0. The lowest BCUT2D eigenvalue weighted by molar-refractivity contribution is 0.232. The van der Waals surface area contributed by atoms with Crippen LogP contribution >= 0.6 is 0 Å². The number of nitrogens with one attached hydrogen (secondary N) is 2. The van der Waals surface area contributed by atoms with E-state index in [1.165, 1.54) is 11.3 Å². The van der Waals surface area contributed by atoms with Gasteiger partial charge in [-0.1, -0.05) is 37.3 Å². The Bertz CT molecular complexity index is 680. The van der Waals surface area contributed by atoms with Crippen molar-refractivity contribution < 1.29 is 4.79 Å². The van der Waals surface area contributed by atoms with Crippen LogP contribution in [0.5, 0.6) is 0 Å². The molecule has 1 aliphatic carbocycles. The molecule has 0 bridgehead atoms. The minimum atomic E-state index is -0.0852. The lowest BCUT2D eigenvalue weighted by Crippen LogP contribution is -2.42. The molecular formula is C19H26N4O. The van der Waals surface area contributed by atoms with Gasteiger partial charge >= 0.3 is 6.03 Å². The van der Waals surface area contributed by atoms with E-state index in [1.54, 1.807) is 0 Å². The number of hydrogen-bond acceptors (Lipinski definition) is 2. The van der Waals surface area contributed by atoms with Crippen molar-refractivity contribution in [2.75, 3.05) is 0 Å². The molecule has 1 heterocycles. The van der Waals surface area contributed by atoms with E-state index in [-0.39, 0.29) is 18.1 Å². The Morgan fingerprint density at radius 2 is 2.17 bits per heavy atom. The van der Waals surface area contributed by atoms with Gasteiger partial charge in [-0.15, -0.1) is 0 Å². The monoisotopic (exact) mass is 326 g/mol. The Labute approximate surface area is 143 Å². The van der Waals surface area contributed by atoms with Gasteiger partial charge in [-0.25, -0.2) is 4.79 Å². The third-order valence-electron chi connectivity index (χ3n) is 4.73. The average molecular weight is 326 g/mol. The molecule has 0 spiro atoms. The van der Waals surface area contributed by atoms with Crippen LogP contribution in [0.15, 0.2) is 36.5 Å². The number of carbonyl (C=O) groups excluding carboxylic acids is 1. The quantitative estimate of drug-likeness (QED) is 0.884. The second-order valence-corrected chi connectivity index (χ2v) is 6.56. The zero-order valence-corrected chi connectivity index (χ0v) is 14.5. The molecule has 2 aromatic rings. The van der Waals surface area contributed by atoms with Gasteiger partial charge in [-0.05, 0) is 38.2 Å². The standard InChI is InChI=1S/C19H26N4O/c1-3-14(2)21-19(24)22-17-10-7-11-18-16(17)12-20-23(18)13-15-8-5-4-6-9-15/h4-6,8-9,12,14,17H,3,7,10-11,13H2,1-2H3,(H2,21,22,24). The third-order valence-corrected chi connectivity index (χ3v) is 4.73. The van der Waals surface area contributed by atoms with Crippen molar-refractivity contribution in [3.8, 4) is 0 Å². The number of amides is 2. The third kappa shape index (κ3) is 3.78. The molecule has 1 aromatic heterocycles. The Hall–Kier alpha value is -2.30. The van der Waals surface area contributed by atoms with Crippen LogP contribution in [0.4, 0.5) is 4.79 Å². The average Bonchev–Trinajstić information content (AvgIpc) is 3.00. The van der Waals surface area contributed by atoms with Gasteiger partial charge in [0, 0.05) is 17.3 Å². The molecule has 128 valence electrons. The number of hydrogen-bond donors (Lipinski definition) is 2. The van der Waals surface area contributed by atoms with Crippen molar-refractivity contribution >= 4 is 6.03 Å². The number of benzene rings is 1. The Morgan fingerprint density at radius 3 is 2.92 bits per heavy atom. The van der Waals surface area contributed by atoms with Gasteiger partial charge in [0.15, 0.2) is 0 Å². The van der Waals surface area contributed by atoms with Crippen LogP contribution in [0, 0.1) is 0 Å². The van der Waals surface area contributed by atoms with Crippen molar-refractivity contribution in [2.24, 2.45) is 0 Å². The molecule has 2 atom stereocenters. The van der Waals surface area contributed by atoms with Crippen LogP contribution in [0.25, 0.3) is 0 Å². The molecule has 1 aliphatic rings. The van der Waals surface area contributed by atoms with Crippen LogP contribution in [-0.4, -0.2) is 21.9 Å². The molecule has 24 heavy (non-hydrogen) atoms. The van der Waals surface area contributed by atoms with E-state index in [9.17, 15) is 4.79 Å². The SMILES string of the molecule is CCC(C)NC(=O)NC1CCCc2c1cnn2Cc1ccccc1. The maximum Gasteiger partial charge on any atom is 0.315 e. The summed E-state index contributed by atoms with van der Waals surface area (Å²) in [5, 5.41) is 10.7. The molecule has 2 N–H and O–H groups in total. The predicted octanol–water partition coefficient (Wildman–Crippen LogP) is 3.41. The minimum Gasteiger partial charge on any atom is -0.336 e. The fraction of sp³-hybridized carbons (Fsp3) is 0.474. The zero-order valence-electron chi connectivity index (χ0n) is 14.5. The maximum absolute atomic E-state index is 12.1. The number of aromatic nitrogens is 2. The fourth-order valence-electron chi connectivity index (χ4n) is 3.19. The van der Waals surface area contributed by atoms with Gasteiger partial charge in [-0.2, -0.15) is 5.10 Å². The largest absolute Gasteiger partial charge is 0.336 e. The fourth-order valence-corrected chi connectivity index (χ4v) is 3.19. The highest BCUT2D eigenvalue weighted by molar-refractivity contribution is 5.74. The van der Waals surface area contributed by atoms with E-state index in [1.807, 2.05) is 19.2 Å². The van der Waals surface area contributed by atoms with Crippen LogP contribution in [0.3, 0.4) is 0 Å². The lowest BCUT2D eigenvalue weighted by atomic mass is 9.93. The molecule has 0 saturated heterocycles. The van der Waals surface area contributed by atoms with Crippen LogP contribution in [-0.2, 0) is 13.0 Å². The number of carbonyl (C=O) groups is 1. The summed E-state index contributed by atoms with van der Waals surface area (Å²) < 4.78 is 2.07.